The van der Waals surface area contributed by atoms with Crippen molar-refractivity contribution in [3.63, 3.8) is 0 Å². The molecule has 0 aliphatic carbocycles. The fourth-order valence-corrected chi connectivity index (χ4v) is 1.34. The van der Waals surface area contributed by atoms with Gasteiger partial charge < -0.3 is 9.47 Å². The van der Waals surface area contributed by atoms with Crippen LogP contribution in [-0.4, -0.2) is 26.4 Å². The maximum atomic E-state index is 5.56. The molecule has 0 rings (SSSR count). The Hall–Kier alpha value is 0.210. The van der Waals surface area contributed by atoms with Gasteiger partial charge in [0, 0.05) is 19.6 Å². The Labute approximate surface area is 86.6 Å². The molecule has 0 heterocycles. The summed E-state index contributed by atoms with van der Waals surface area (Å²) in [6.07, 6.45) is 7.42. The van der Waals surface area contributed by atoms with Crippen molar-refractivity contribution in [3.8, 4) is 0 Å². The number of rotatable bonds is 10. The summed E-state index contributed by atoms with van der Waals surface area (Å²) in [4.78, 5) is 0. The van der Waals surface area contributed by atoms with Crippen LogP contribution in [0.5, 0.6) is 0 Å². The molecule has 0 atom stereocenters. The third-order valence-electron chi connectivity index (χ3n) is 1.87. The summed E-state index contributed by atoms with van der Waals surface area (Å²) < 4.78 is 9.93. The van der Waals surface area contributed by atoms with Crippen LogP contribution in [0.3, 0.4) is 0 Å². The summed E-state index contributed by atoms with van der Waals surface area (Å²) in [5.74, 6) is 0.803. The lowest BCUT2D eigenvalue weighted by Gasteiger charge is -2.02. The van der Waals surface area contributed by atoms with Crippen molar-refractivity contribution in [2.75, 3.05) is 26.4 Å². The number of halogens is 1. The first kappa shape index (κ1) is 13.2. The SMILES string of the molecule is COCOCCCCCCCCCl. The predicted molar refractivity (Wildman–Crippen MR) is 56.3 cm³/mol. The summed E-state index contributed by atoms with van der Waals surface area (Å²) in [5.41, 5.74) is 0. The van der Waals surface area contributed by atoms with E-state index in [0.717, 1.165) is 25.3 Å². The normalized spacial score (nSPS) is 10.6. The van der Waals surface area contributed by atoms with E-state index < -0.39 is 0 Å². The highest BCUT2D eigenvalue weighted by atomic mass is 35.5. The molecule has 0 bridgehead atoms. The van der Waals surface area contributed by atoms with Gasteiger partial charge >= 0.3 is 0 Å². The van der Waals surface area contributed by atoms with E-state index in [0.29, 0.717) is 6.79 Å². The smallest absolute Gasteiger partial charge is 0.146 e. The molecule has 3 heteroatoms. The van der Waals surface area contributed by atoms with Gasteiger partial charge in [0.2, 0.25) is 0 Å². The first-order valence-corrected chi connectivity index (χ1v) is 5.58. The van der Waals surface area contributed by atoms with Gasteiger partial charge in [0.1, 0.15) is 6.79 Å². The molecule has 0 aliphatic rings. The Morgan fingerprint density at radius 1 is 0.923 bits per heavy atom. The second-order valence-electron chi connectivity index (χ2n) is 3.13. The maximum Gasteiger partial charge on any atom is 0.146 e. The van der Waals surface area contributed by atoms with Crippen molar-refractivity contribution in [1.29, 1.82) is 0 Å². The average Bonchev–Trinajstić information content (AvgIpc) is 2.16. The Bertz CT molecular complexity index is 79.0. The second-order valence-corrected chi connectivity index (χ2v) is 3.50. The van der Waals surface area contributed by atoms with E-state index in [1.165, 1.54) is 25.7 Å². The molecule has 2 nitrogen and oxygen atoms in total. The molecule has 0 amide bonds. The van der Waals surface area contributed by atoms with Crippen molar-refractivity contribution in [3.05, 3.63) is 0 Å². The lowest BCUT2D eigenvalue weighted by atomic mass is 10.1. The Morgan fingerprint density at radius 3 is 2.15 bits per heavy atom. The minimum Gasteiger partial charge on any atom is -0.359 e. The Morgan fingerprint density at radius 2 is 1.54 bits per heavy atom. The molecule has 0 aliphatic heterocycles. The van der Waals surface area contributed by atoms with Gasteiger partial charge in [-0.3, -0.25) is 0 Å². The Balaban J connectivity index is 2.76. The van der Waals surface area contributed by atoms with Crippen LogP contribution in [0.2, 0.25) is 0 Å². The zero-order valence-corrected chi connectivity index (χ0v) is 9.31. The van der Waals surface area contributed by atoms with Crippen molar-refractivity contribution >= 4 is 11.6 Å². The maximum absolute atomic E-state index is 5.56. The van der Waals surface area contributed by atoms with Gasteiger partial charge in [-0.2, -0.15) is 0 Å². The van der Waals surface area contributed by atoms with E-state index in [1.807, 2.05) is 0 Å². The van der Waals surface area contributed by atoms with Crippen LogP contribution in [0.1, 0.15) is 38.5 Å². The lowest BCUT2D eigenvalue weighted by molar-refractivity contribution is -0.0315. The quantitative estimate of drug-likeness (QED) is 0.312. The molecule has 0 aromatic rings. The highest BCUT2D eigenvalue weighted by molar-refractivity contribution is 6.17. The molecule has 0 radical (unpaired) electrons. The zero-order valence-electron chi connectivity index (χ0n) is 8.56. The highest BCUT2D eigenvalue weighted by Crippen LogP contribution is 2.05. The number of methoxy groups -OCH3 is 1. The van der Waals surface area contributed by atoms with Crippen molar-refractivity contribution in [2.45, 2.75) is 38.5 Å². The monoisotopic (exact) mass is 208 g/mol. The first-order chi connectivity index (χ1) is 6.41. The van der Waals surface area contributed by atoms with Gasteiger partial charge in [0.25, 0.3) is 0 Å². The summed E-state index contributed by atoms with van der Waals surface area (Å²) in [5, 5.41) is 0. The molecule has 0 aromatic heterocycles. The molecule has 0 spiro atoms. The van der Waals surface area contributed by atoms with E-state index in [1.54, 1.807) is 7.11 Å². The summed E-state index contributed by atoms with van der Waals surface area (Å²) >= 11 is 5.56. The van der Waals surface area contributed by atoms with Crippen LogP contribution in [-0.2, 0) is 9.47 Å². The zero-order chi connectivity index (χ0) is 9.78. The summed E-state index contributed by atoms with van der Waals surface area (Å²) in [7, 11) is 1.64. The van der Waals surface area contributed by atoms with Gasteiger partial charge in [-0.15, -0.1) is 11.6 Å². The first-order valence-electron chi connectivity index (χ1n) is 5.04. The van der Waals surface area contributed by atoms with Gasteiger partial charge in [-0.05, 0) is 12.8 Å². The van der Waals surface area contributed by atoms with E-state index >= 15 is 0 Å². The molecule has 0 saturated heterocycles. The minimum atomic E-state index is 0.423. The molecule has 0 aromatic carbocycles. The van der Waals surface area contributed by atoms with Crippen LogP contribution in [0, 0.1) is 0 Å². The molecule has 0 saturated carbocycles. The largest absolute Gasteiger partial charge is 0.359 e. The summed E-state index contributed by atoms with van der Waals surface area (Å²) in [6, 6.07) is 0. The third kappa shape index (κ3) is 12.2. The molecule has 0 unspecified atom stereocenters. The van der Waals surface area contributed by atoms with Gasteiger partial charge in [-0.25, -0.2) is 0 Å². The minimum absolute atomic E-state index is 0.423. The van der Waals surface area contributed by atoms with Crippen LogP contribution in [0.25, 0.3) is 0 Å². The van der Waals surface area contributed by atoms with E-state index in [-0.39, 0.29) is 0 Å². The topological polar surface area (TPSA) is 18.5 Å². The van der Waals surface area contributed by atoms with Crippen molar-refractivity contribution < 1.29 is 9.47 Å². The predicted octanol–water partition coefficient (Wildman–Crippen LogP) is 3.19. The second kappa shape index (κ2) is 12.2. The van der Waals surface area contributed by atoms with E-state index in [2.05, 4.69) is 0 Å². The van der Waals surface area contributed by atoms with Gasteiger partial charge in [-0.1, -0.05) is 25.7 Å². The van der Waals surface area contributed by atoms with Crippen LogP contribution in [0.15, 0.2) is 0 Å². The van der Waals surface area contributed by atoms with Crippen molar-refractivity contribution in [1.82, 2.24) is 0 Å². The van der Waals surface area contributed by atoms with Crippen LogP contribution in [0.4, 0.5) is 0 Å². The molecule has 0 N–H and O–H groups in total. The third-order valence-corrected chi connectivity index (χ3v) is 2.14. The fraction of sp³-hybridized carbons (Fsp3) is 1.00. The van der Waals surface area contributed by atoms with Gasteiger partial charge in [0.05, 0.1) is 0 Å². The van der Waals surface area contributed by atoms with Crippen LogP contribution >= 0.6 is 11.6 Å². The van der Waals surface area contributed by atoms with Gasteiger partial charge in [0.15, 0.2) is 0 Å². The lowest BCUT2D eigenvalue weighted by Crippen LogP contribution is -1.98. The Kier molecular flexibility index (Phi) is 12.4. The van der Waals surface area contributed by atoms with Crippen LogP contribution < -0.4 is 0 Å². The van der Waals surface area contributed by atoms with Crippen molar-refractivity contribution in [2.24, 2.45) is 0 Å². The number of hydrogen-bond donors (Lipinski definition) is 0. The molecule has 80 valence electrons. The number of hydrogen-bond acceptors (Lipinski definition) is 2. The number of alkyl halides is 1. The molecular formula is C10H21ClO2. The van der Waals surface area contributed by atoms with E-state index in [4.69, 9.17) is 21.1 Å². The molecule has 13 heavy (non-hydrogen) atoms. The molecular weight excluding hydrogens is 188 g/mol. The standard InChI is InChI=1S/C10H21ClO2/c1-12-10-13-9-7-5-3-2-4-6-8-11/h2-10H2,1H3. The van der Waals surface area contributed by atoms with E-state index in [9.17, 15) is 0 Å². The summed E-state index contributed by atoms with van der Waals surface area (Å²) in [6.45, 7) is 1.25. The number of ether oxygens (including phenoxy) is 2. The number of unbranched alkanes of at least 4 members (excludes halogenated alkanes) is 5. The molecule has 0 fully saturated rings. The fourth-order valence-electron chi connectivity index (χ4n) is 1.15. The highest BCUT2D eigenvalue weighted by Gasteiger charge is 1.91. The average molecular weight is 209 g/mol.